The van der Waals surface area contributed by atoms with Crippen molar-refractivity contribution >= 4 is 11.7 Å². The third-order valence-corrected chi connectivity index (χ3v) is 3.95. The second kappa shape index (κ2) is 8.63. The Hall–Kier alpha value is -1.75. The highest BCUT2D eigenvalue weighted by Gasteiger charge is 2.23. The quantitative estimate of drug-likeness (QED) is 0.794. The smallest absolute Gasteiger partial charge is 0.321 e. The maximum atomic E-state index is 12.4. The Kier molecular flexibility index (Phi) is 6.52. The van der Waals surface area contributed by atoms with Gasteiger partial charge in [-0.2, -0.15) is 0 Å². The Labute approximate surface area is 132 Å². The summed E-state index contributed by atoms with van der Waals surface area (Å²) in [6.45, 7) is 4.26. The predicted octanol–water partition coefficient (Wildman–Crippen LogP) is 3.10. The van der Waals surface area contributed by atoms with Gasteiger partial charge in [0.25, 0.3) is 0 Å². The highest BCUT2D eigenvalue weighted by atomic mass is 16.5. The summed E-state index contributed by atoms with van der Waals surface area (Å²) in [5.74, 6) is 0.899. The van der Waals surface area contributed by atoms with E-state index in [9.17, 15) is 9.90 Å². The van der Waals surface area contributed by atoms with E-state index in [0.717, 1.165) is 32.2 Å². The van der Waals surface area contributed by atoms with E-state index in [-0.39, 0.29) is 18.6 Å². The van der Waals surface area contributed by atoms with Gasteiger partial charge in [0.15, 0.2) is 0 Å². The van der Waals surface area contributed by atoms with Crippen LogP contribution in [0.1, 0.15) is 32.6 Å². The molecule has 1 atom stereocenters. The summed E-state index contributed by atoms with van der Waals surface area (Å²) in [6.07, 6.45) is 3.99. The summed E-state index contributed by atoms with van der Waals surface area (Å²) < 4.78 is 5.73. The van der Waals surface area contributed by atoms with Crippen LogP contribution in [-0.2, 0) is 0 Å². The number of aliphatic hydroxyl groups excluding tert-OH is 1. The fourth-order valence-electron chi connectivity index (χ4n) is 2.62. The molecule has 1 saturated heterocycles. The lowest BCUT2D eigenvalue weighted by molar-refractivity contribution is 0.136. The molecule has 1 fully saturated rings. The average Bonchev–Trinajstić information content (AvgIpc) is 2.56. The number of hydrogen-bond donors (Lipinski definition) is 2. The number of nitrogens with zero attached hydrogens (tertiary/aromatic N) is 1. The maximum absolute atomic E-state index is 12.4. The molecule has 122 valence electrons. The van der Waals surface area contributed by atoms with Gasteiger partial charge < -0.3 is 20.1 Å². The van der Waals surface area contributed by atoms with Gasteiger partial charge in [0, 0.05) is 19.7 Å². The van der Waals surface area contributed by atoms with E-state index in [4.69, 9.17) is 4.74 Å². The lowest BCUT2D eigenvalue weighted by atomic mass is 9.99. The molecular formula is C17H26N2O3. The lowest BCUT2D eigenvalue weighted by Gasteiger charge is -2.32. The molecule has 0 saturated carbocycles. The SMILES string of the molecule is CCCCOc1ccccc1NC(=O)N1CCCC(CO)C1. The summed E-state index contributed by atoms with van der Waals surface area (Å²) in [5.41, 5.74) is 0.703. The number of urea groups is 1. The third-order valence-electron chi connectivity index (χ3n) is 3.95. The number of benzene rings is 1. The monoisotopic (exact) mass is 306 g/mol. The Morgan fingerprint density at radius 2 is 2.27 bits per heavy atom. The van der Waals surface area contributed by atoms with Gasteiger partial charge in [-0.05, 0) is 37.3 Å². The number of ether oxygens (including phenoxy) is 1. The van der Waals surface area contributed by atoms with Crippen LogP contribution >= 0.6 is 0 Å². The topological polar surface area (TPSA) is 61.8 Å². The number of carbonyl (C=O) groups is 1. The number of anilines is 1. The minimum atomic E-state index is -0.121. The zero-order chi connectivity index (χ0) is 15.8. The number of carbonyl (C=O) groups excluding carboxylic acids is 1. The molecule has 2 N–H and O–H groups in total. The molecule has 0 radical (unpaired) electrons. The summed E-state index contributed by atoms with van der Waals surface area (Å²) in [6, 6.07) is 7.39. The number of aliphatic hydroxyl groups is 1. The van der Waals surface area contributed by atoms with Crippen LogP contribution in [0.4, 0.5) is 10.5 Å². The molecule has 5 heteroatoms. The molecule has 5 nitrogen and oxygen atoms in total. The first-order valence-electron chi connectivity index (χ1n) is 8.13. The Morgan fingerprint density at radius 3 is 3.05 bits per heavy atom. The second-order valence-corrected chi connectivity index (χ2v) is 5.77. The first-order chi connectivity index (χ1) is 10.7. The number of amides is 2. The van der Waals surface area contributed by atoms with Crippen LogP contribution in [-0.4, -0.2) is 42.3 Å². The molecular weight excluding hydrogens is 280 g/mol. The molecule has 2 rings (SSSR count). The summed E-state index contributed by atoms with van der Waals surface area (Å²) in [4.78, 5) is 14.2. The molecule has 1 aromatic rings. The van der Waals surface area contributed by atoms with Crippen molar-refractivity contribution < 1.29 is 14.6 Å². The van der Waals surface area contributed by atoms with E-state index in [0.29, 0.717) is 24.6 Å². The Balaban J connectivity index is 1.96. The Bertz CT molecular complexity index is 479. The van der Waals surface area contributed by atoms with Crippen molar-refractivity contribution in [3.8, 4) is 5.75 Å². The van der Waals surface area contributed by atoms with Gasteiger partial charge in [0.2, 0.25) is 0 Å². The second-order valence-electron chi connectivity index (χ2n) is 5.77. The number of nitrogens with one attached hydrogen (secondary N) is 1. The minimum Gasteiger partial charge on any atom is -0.491 e. The van der Waals surface area contributed by atoms with Crippen molar-refractivity contribution in [3.05, 3.63) is 24.3 Å². The molecule has 1 aliphatic heterocycles. The predicted molar refractivity (Wildman–Crippen MR) is 87.2 cm³/mol. The van der Waals surface area contributed by atoms with Crippen molar-refractivity contribution in [1.82, 2.24) is 4.90 Å². The van der Waals surface area contributed by atoms with E-state index >= 15 is 0 Å². The van der Waals surface area contributed by atoms with Gasteiger partial charge in [0.05, 0.1) is 12.3 Å². The van der Waals surface area contributed by atoms with E-state index in [1.807, 2.05) is 24.3 Å². The minimum absolute atomic E-state index is 0.121. The number of rotatable bonds is 6. The van der Waals surface area contributed by atoms with E-state index < -0.39 is 0 Å². The molecule has 0 aliphatic carbocycles. The molecule has 1 aromatic carbocycles. The van der Waals surface area contributed by atoms with E-state index in [1.165, 1.54) is 0 Å². The number of para-hydroxylation sites is 2. The molecule has 0 aromatic heterocycles. The van der Waals surface area contributed by atoms with Gasteiger partial charge in [-0.25, -0.2) is 4.79 Å². The van der Waals surface area contributed by atoms with Gasteiger partial charge in [-0.15, -0.1) is 0 Å². The molecule has 0 bridgehead atoms. The zero-order valence-corrected chi connectivity index (χ0v) is 13.3. The van der Waals surface area contributed by atoms with Crippen LogP contribution in [0, 0.1) is 5.92 Å². The van der Waals surface area contributed by atoms with Crippen molar-refractivity contribution in [2.45, 2.75) is 32.6 Å². The van der Waals surface area contributed by atoms with Crippen molar-refractivity contribution in [1.29, 1.82) is 0 Å². The Morgan fingerprint density at radius 1 is 1.45 bits per heavy atom. The highest BCUT2D eigenvalue weighted by molar-refractivity contribution is 5.91. The third kappa shape index (κ3) is 4.63. The van der Waals surface area contributed by atoms with Crippen molar-refractivity contribution in [2.75, 3.05) is 31.6 Å². The summed E-state index contributed by atoms with van der Waals surface area (Å²) >= 11 is 0. The normalized spacial score (nSPS) is 18.1. The van der Waals surface area contributed by atoms with Crippen LogP contribution in [0.5, 0.6) is 5.75 Å². The van der Waals surface area contributed by atoms with Gasteiger partial charge >= 0.3 is 6.03 Å². The summed E-state index contributed by atoms with van der Waals surface area (Å²) in [7, 11) is 0. The lowest BCUT2D eigenvalue weighted by Crippen LogP contribution is -2.43. The fourth-order valence-corrected chi connectivity index (χ4v) is 2.62. The van der Waals surface area contributed by atoms with Crippen LogP contribution in [0.25, 0.3) is 0 Å². The molecule has 1 unspecified atom stereocenters. The van der Waals surface area contributed by atoms with E-state index in [2.05, 4.69) is 12.2 Å². The zero-order valence-electron chi connectivity index (χ0n) is 13.3. The standard InChI is InChI=1S/C17H26N2O3/c1-2-3-11-22-16-9-5-4-8-15(16)18-17(21)19-10-6-7-14(12-19)13-20/h4-5,8-9,14,20H,2-3,6-7,10-13H2,1H3,(H,18,21). The highest BCUT2D eigenvalue weighted by Crippen LogP contribution is 2.25. The van der Waals surface area contributed by atoms with E-state index in [1.54, 1.807) is 4.90 Å². The largest absolute Gasteiger partial charge is 0.491 e. The van der Waals surface area contributed by atoms with Crippen LogP contribution < -0.4 is 10.1 Å². The summed E-state index contributed by atoms with van der Waals surface area (Å²) in [5, 5.41) is 12.2. The average molecular weight is 306 g/mol. The van der Waals surface area contributed by atoms with Crippen LogP contribution in [0.3, 0.4) is 0 Å². The molecule has 1 heterocycles. The molecule has 1 aliphatic rings. The number of likely N-dealkylation sites (tertiary alicyclic amines) is 1. The molecule has 0 spiro atoms. The van der Waals surface area contributed by atoms with Crippen molar-refractivity contribution in [2.24, 2.45) is 5.92 Å². The van der Waals surface area contributed by atoms with Crippen LogP contribution in [0.2, 0.25) is 0 Å². The fraction of sp³-hybridized carbons (Fsp3) is 0.588. The number of piperidine rings is 1. The van der Waals surface area contributed by atoms with Crippen molar-refractivity contribution in [3.63, 3.8) is 0 Å². The van der Waals surface area contributed by atoms with Crippen LogP contribution in [0.15, 0.2) is 24.3 Å². The first kappa shape index (κ1) is 16.6. The first-order valence-corrected chi connectivity index (χ1v) is 8.13. The van der Waals surface area contributed by atoms with Gasteiger partial charge in [-0.1, -0.05) is 25.5 Å². The van der Waals surface area contributed by atoms with Gasteiger partial charge in [0.1, 0.15) is 5.75 Å². The van der Waals surface area contributed by atoms with Gasteiger partial charge in [-0.3, -0.25) is 0 Å². The molecule has 2 amide bonds. The maximum Gasteiger partial charge on any atom is 0.321 e. The number of hydrogen-bond acceptors (Lipinski definition) is 3. The molecule has 22 heavy (non-hydrogen) atoms. The number of unbranched alkanes of at least 4 members (excludes halogenated alkanes) is 1.